The quantitative estimate of drug-likeness (QED) is 0.873. The number of carbonyl (C=O) groups excluding carboxylic acids is 1. The highest BCUT2D eigenvalue weighted by molar-refractivity contribution is 5.79. The molecule has 0 heterocycles. The fourth-order valence-electron chi connectivity index (χ4n) is 3.31. The number of rotatable bonds is 3. The second-order valence-corrected chi connectivity index (χ2v) is 6.05. The van der Waals surface area contributed by atoms with Crippen LogP contribution in [0.25, 0.3) is 0 Å². The number of benzene rings is 1. The molecule has 0 aliphatic heterocycles. The molecule has 3 rings (SSSR count). The molecule has 1 amide bonds. The van der Waals surface area contributed by atoms with Gasteiger partial charge in [-0.3, -0.25) is 4.79 Å². The van der Waals surface area contributed by atoms with Crippen molar-refractivity contribution in [2.45, 2.75) is 50.1 Å². The predicted molar refractivity (Wildman–Crippen MR) is 75.7 cm³/mol. The van der Waals surface area contributed by atoms with Crippen molar-refractivity contribution in [1.29, 1.82) is 0 Å². The number of amides is 1. The van der Waals surface area contributed by atoms with Gasteiger partial charge in [0.15, 0.2) is 0 Å². The summed E-state index contributed by atoms with van der Waals surface area (Å²) in [6.07, 6.45) is 4.97. The lowest BCUT2D eigenvalue weighted by Crippen LogP contribution is -2.45. The minimum absolute atomic E-state index is 0.158. The highest BCUT2D eigenvalue weighted by Gasteiger charge is 2.34. The molecule has 3 N–H and O–H groups in total. The van der Waals surface area contributed by atoms with E-state index in [0.717, 1.165) is 32.1 Å². The van der Waals surface area contributed by atoms with Crippen LogP contribution in [0.5, 0.6) is 0 Å². The molecule has 0 bridgehead atoms. The van der Waals surface area contributed by atoms with Gasteiger partial charge in [0.1, 0.15) is 0 Å². The Morgan fingerprint density at radius 3 is 2.47 bits per heavy atom. The third-order valence-corrected chi connectivity index (χ3v) is 4.60. The maximum Gasteiger partial charge on any atom is 0.223 e. The molecule has 0 aromatic heterocycles. The Labute approximate surface area is 114 Å². The molecular weight excluding hydrogens is 236 g/mol. The molecule has 2 fully saturated rings. The van der Waals surface area contributed by atoms with E-state index in [-0.39, 0.29) is 17.9 Å². The fraction of sp³-hybridized carbons (Fsp3) is 0.562. The van der Waals surface area contributed by atoms with Crippen LogP contribution < -0.4 is 11.1 Å². The Morgan fingerprint density at radius 2 is 1.84 bits per heavy atom. The van der Waals surface area contributed by atoms with Crippen molar-refractivity contribution in [1.82, 2.24) is 5.32 Å². The number of carbonyl (C=O) groups is 1. The molecule has 3 nitrogen and oxygen atoms in total. The van der Waals surface area contributed by atoms with E-state index < -0.39 is 0 Å². The van der Waals surface area contributed by atoms with Crippen LogP contribution >= 0.6 is 0 Å². The number of hydrogen-bond acceptors (Lipinski definition) is 2. The van der Waals surface area contributed by atoms with Gasteiger partial charge in [-0.05, 0) is 43.6 Å². The van der Waals surface area contributed by atoms with Gasteiger partial charge in [0, 0.05) is 18.0 Å². The van der Waals surface area contributed by atoms with Gasteiger partial charge in [-0.2, -0.15) is 0 Å². The van der Waals surface area contributed by atoms with E-state index in [1.807, 2.05) is 6.07 Å². The molecule has 2 aliphatic carbocycles. The molecule has 3 heteroatoms. The molecule has 2 aliphatic rings. The van der Waals surface area contributed by atoms with Gasteiger partial charge in [-0.1, -0.05) is 30.3 Å². The summed E-state index contributed by atoms with van der Waals surface area (Å²) < 4.78 is 0. The van der Waals surface area contributed by atoms with E-state index in [1.165, 1.54) is 5.56 Å². The minimum Gasteiger partial charge on any atom is -0.353 e. The Balaban J connectivity index is 1.45. The SMILES string of the molecule is NC1CCC(C(=O)NC2CC(c3ccccc3)C2)C1. The average molecular weight is 258 g/mol. The summed E-state index contributed by atoms with van der Waals surface area (Å²) in [5.41, 5.74) is 7.26. The van der Waals surface area contributed by atoms with Gasteiger partial charge >= 0.3 is 0 Å². The topological polar surface area (TPSA) is 55.1 Å². The zero-order chi connectivity index (χ0) is 13.2. The van der Waals surface area contributed by atoms with Crippen LogP contribution in [-0.4, -0.2) is 18.0 Å². The average Bonchev–Trinajstić information content (AvgIpc) is 2.81. The van der Waals surface area contributed by atoms with Crippen LogP contribution in [-0.2, 0) is 4.79 Å². The molecular formula is C16H22N2O. The number of hydrogen-bond donors (Lipinski definition) is 2. The Kier molecular flexibility index (Phi) is 3.56. The zero-order valence-electron chi connectivity index (χ0n) is 11.2. The van der Waals surface area contributed by atoms with Gasteiger partial charge in [-0.25, -0.2) is 0 Å². The van der Waals surface area contributed by atoms with Crippen LogP contribution in [0.3, 0.4) is 0 Å². The maximum absolute atomic E-state index is 12.1. The molecule has 0 radical (unpaired) electrons. The van der Waals surface area contributed by atoms with Crippen molar-refractivity contribution >= 4 is 5.91 Å². The van der Waals surface area contributed by atoms with Gasteiger partial charge in [0.2, 0.25) is 5.91 Å². The summed E-state index contributed by atoms with van der Waals surface area (Å²) in [5, 5.41) is 3.18. The summed E-state index contributed by atoms with van der Waals surface area (Å²) >= 11 is 0. The Hall–Kier alpha value is -1.35. The lowest BCUT2D eigenvalue weighted by molar-refractivity contribution is -0.126. The second kappa shape index (κ2) is 5.33. The Morgan fingerprint density at radius 1 is 1.11 bits per heavy atom. The van der Waals surface area contributed by atoms with Crippen LogP contribution in [0.15, 0.2) is 30.3 Å². The molecule has 1 aromatic rings. The van der Waals surface area contributed by atoms with Crippen LogP contribution in [0, 0.1) is 5.92 Å². The van der Waals surface area contributed by atoms with Gasteiger partial charge in [-0.15, -0.1) is 0 Å². The normalized spacial score (nSPS) is 33.7. The first-order valence-corrected chi connectivity index (χ1v) is 7.33. The molecule has 2 saturated carbocycles. The predicted octanol–water partition coefficient (Wildman–Crippen LogP) is 2.18. The molecule has 2 unspecified atom stereocenters. The standard InChI is InChI=1S/C16H22N2O/c17-14-7-6-12(8-14)16(19)18-15-9-13(10-15)11-4-2-1-3-5-11/h1-5,12-15H,6-10,17H2,(H,18,19). The first-order chi connectivity index (χ1) is 9.22. The van der Waals surface area contributed by atoms with E-state index in [4.69, 9.17) is 5.73 Å². The van der Waals surface area contributed by atoms with E-state index in [1.54, 1.807) is 0 Å². The van der Waals surface area contributed by atoms with Crippen LogP contribution in [0.4, 0.5) is 0 Å². The van der Waals surface area contributed by atoms with Crippen molar-refractivity contribution in [3.63, 3.8) is 0 Å². The van der Waals surface area contributed by atoms with E-state index in [9.17, 15) is 4.79 Å². The maximum atomic E-state index is 12.1. The van der Waals surface area contributed by atoms with E-state index in [2.05, 4.69) is 29.6 Å². The molecule has 0 saturated heterocycles. The van der Waals surface area contributed by atoms with Gasteiger partial charge in [0.25, 0.3) is 0 Å². The molecule has 102 valence electrons. The third kappa shape index (κ3) is 2.81. The first kappa shape index (κ1) is 12.7. The summed E-state index contributed by atoms with van der Waals surface area (Å²) in [6, 6.07) is 11.2. The summed E-state index contributed by atoms with van der Waals surface area (Å²) in [7, 11) is 0. The van der Waals surface area contributed by atoms with Crippen LogP contribution in [0.2, 0.25) is 0 Å². The zero-order valence-corrected chi connectivity index (χ0v) is 11.2. The first-order valence-electron chi connectivity index (χ1n) is 7.33. The van der Waals surface area contributed by atoms with Gasteiger partial charge < -0.3 is 11.1 Å². The van der Waals surface area contributed by atoms with Crippen molar-refractivity contribution in [2.75, 3.05) is 0 Å². The van der Waals surface area contributed by atoms with Gasteiger partial charge in [0.05, 0.1) is 0 Å². The largest absolute Gasteiger partial charge is 0.353 e. The lowest BCUT2D eigenvalue weighted by atomic mass is 9.75. The fourth-order valence-corrected chi connectivity index (χ4v) is 3.31. The number of nitrogens with one attached hydrogen (secondary N) is 1. The molecule has 0 spiro atoms. The van der Waals surface area contributed by atoms with E-state index >= 15 is 0 Å². The smallest absolute Gasteiger partial charge is 0.223 e. The molecule has 2 atom stereocenters. The van der Waals surface area contributed by atoms with Crippen molar-refractivity contribution in [3.05, 3.63) is 35.9 Å². The molecule has 1 aromatic carbocycles. The van der Waals surface area contributed by atoms with Crippen molar-refractivity contribution in [2.24, 2.45) is 11.7 Å². The van der Waals surface area contributed by atoms with E-state index in [0.29, 0.717) is 12.0 Å². The number of nitrogens with two attached hydrogens (primary N) is 1. The minimum atomic E-state index is 0.158. The highest BCUT2D eigenvalue weighted by atomic mass is 16.1. The summed E-state index contributed by atoms with van der Waals surface area (Å²) in [4.78, 5) is 12.1. The third-order valence-electron chi connectivity index (χ3n) is 4.60. The lowest BCUT2D eigenvalue weighted by Gasteiger charge is -2.36. The monoisotopic (exact) mass is 258 g/mol. The van der Waals surface area contributed by atoms with Crippen molar-refractivity contribution in [3.8, 4) is 0 Å². The highest BCUT2D eigenvalue weighted by Crippen LogP contribution is 2.37. The van der Waals surface area contributed by atoms with Crippen LogP contribution in [0.1, 0.15) is 43.6 Å². The molecule has 19 heavy (non-hydrogen) atoms. The second-order valence-electron chi connectivity index (χ2n) is 6.05. The summed E-state index contributed by atoms with van der Waals surface area (Å²) in [5.74, 6) is 1.01. The van der Waals surface area contributed by atoms with Crippen molar-refractivity contribution < 1.29 is 4.79 Å². The Bertz CT molecular complexity index is 439. The summed E-state index contributed by atoms with van der Waals surface area (Å²) in [6.45, 7) is 0.